The van der Waals surface area contributed by atoms with Crippen molar-refractivity contribution >= 4 is 17.5 Å². The summed E-state index contributed by atoms with van der Waals surface area (Å²) in [5.74, 6) is 0.358. The highest BCUT2D eigenvalue weighted by atomic mass is 16.3. The van der Waals surface area contributed by atoms with Gasteiger partial charge >= 0.3 is 6.03 Å². The van der Waals surface area contributed by atoms with E-state index in [0.717, 1.165) is 19.3 Å². The molecule has 5 heteroatoms. The van der Waals surface area contributed by atoms with Crippen LogP contribution in [0, 0.1) is 5.92 Å². The van der Waals surface area contributed by atoms with Gasteiger partial charge in [-0.15, -0.1) is 0 Å². The summed E-state index contributed by atoms with van der Waals surface area (Å²) in [5.41, 5.74) is 1.27. The molecule has 2 amide bonds. The molecule has 0 aliphatic heterocycles. The normalized spacial score (nSPS) is 21.5. The first kappa shape index (κ1) is 14.5. The number of urea groups is 1. The van der Waals surface area contributed by atoms with Gasteiger partial charge in [-0.25, -0.2) is 4.79 Å². The number of nitrogens with one attached hydrogen (secondary N) is 2. The van der Waals surface area contributed by atoms with E-state index in [1.165, 1.54) is 6.92 Å². The number of Topliss-reactive ketones (excluding diaryl/α,β-unsaturated/α-hetero) is 1. The van der Waals surface area contributed by atoms with Crippen molar-refractivity contribution < 1.29 is 14.7 Å². The lowest BCUT2D eigenvalue weighted by Gasteiger charge is -2.12. The average molecular weight is 276 g/mol. The molecule has 0 heterocycles. The highest BCUT2D eigenvalue weighted by molar-refractivity contribution is 5.95. The van der Waals surface area contributed by atoms with Crippen LogP contribution < -0.4 is 10.6 Å². The molecule has 1 aromatic rings. The first-order valence-corrected chi connectivity index (χ1v) is 6.88. The largest absolute Gasteiger partial charge is 0.393 e. The highest BCUT2D eigenvalue weighted by Crippen LogP contribution is 2.24. The number of hydrogen-bond acceptors (Lipinski definition) is 3. The third-order valence-corrected chi connectivity index (χ3v) is 3.61. The van der Waals surface area contributed by atoms with Crippen LogP contribution in [-0.2, 0) is 0 Å². The minimum Gasteiger partial charge on any atom is -0.393 e. The Kier molecular flexibility index (Phi) is 4.74. The molecule has 1 aliphatic carbocycles. The van der Waals surface area contributed by atoms with Gasteiger partial charge in [-0.3, -0.25) is 4.79 Å². The Morgan fingerprint density at radius 3 is 2.50 bits per heavy atom. The van der Waals surface area contributed by atoms with Crippen LogP contribution in [0.2, 0.25) is 0 Å². The Morgan fingerprint density at radius 2 is 1.95 bits per heavy atom. The summed E-state index contributed by atoms with van der Waals surface area (Å²) < 4.78 is 0. The van der Waals surface area contributed by atoms with Crippen molar-refractivity contribution in [2.24, 2.45) is 5.92 Å². The SMILES string of the molecule is CC(=O)c1ccc(NC(=O)NCC2CCC(O)C2)cc1. The minimum atomic E-state index is -0.262. The molecule has 2 rings (SSSR count). The van der Waals surface area contributed by atoms with Crippen molar-refractivity contribution in [3.63, 3.8) is 0 Å². The second-order valence-electron chi connectivity index (χ2n) is 5.30. The van der Waals surface area contributed by atoms with Crippen LogP contribution in [0.25, 0.3) is 0 Å². The van der Waals surface area contributed by atoms with Gasteiger partial charge in [0.1, 0.15) is 0 Å². The van der Waals surface area contributed by atoms with Crippen LogP contribution in [0.1, 0.15) is 36.5 Å². The van der Waals surface area contributed by atoms with Crippen molar-refractivity contribution in [3.05, 3.63) is 29.8 Å². The van der Waals surface area contributed by atoms with Gasteiger partial charge in [0.2, 0.25) is 0 Å². The van der Waals surface area contributed by atoms with Gasteiger partial charge in [0.25, 0.3) is 0 Å². The molecule has 0 aromatic heterocycles. The molecule has 1 fully saturated rings. The Morgan fingerprint density at radius 1 is 1.25 bits per heavy atom. The molecule has 1 aliphatic rings. The van der Waals surface area contributed by atoms with Crippen LogP contribution in [0.4, 0.5) is 10.5 Å². The molecule has 2 unspecified atom stereocenters. The molecule has 20 heavy (non-hydrogen) atoms. The molecule has 0 saturated heterocycles. The molecule has 5 nitrogen and oxygen atoms in total. The summed E-state index contributed by atoms with van der Waals surface area (Å²) in [6.45, 7) is 2.08. The van der Waals surface area contributed by atoms with E-state index in [4.69, 9.17) is 0 Å². The molecule has 1 saturated carbocycles. The smallest absolute Gasteiger partial charge is 0.319 e. The number of benzene rings is 1. The van der Waals surface area contributed by atoms with Crippen molar-refractivity contribution in [2.75, 3.05) is 11.9 Å². The summed E-state index contributed by atoms with van der Waals surface area (Å²) in [5, 5.41) is 14.9. The lowest BCUT2D eigenvalue weighted by Crippen LogP contribution is -2.32. The number of rotatable bonds is 4. The van der Waals surface area contributed by atoms with Crippen molar-refractivity contribution in [2.45, 2.75) is 32.3 Å². The zero-order valence-electron chi connectivity index (χ0n) is 11.6. The first-order valence-electron chi connectivity index (χ1n) is 6.88. The quantitative estimate of drug-likeness (QED) is 0.737. The van der Waals surface area contributed by atoms with E-state index in [1.807, 2.05) is 0 Å². The van der Waals surface area contributed by atoms with Crippen molar-refractivity contribution in [1.82, 2.24) is 5.32 Å². The Balaban J connectivity index is 1.77. The van der Waals surface area contributed by atoms with E-state index in [1.54, 1.807) is 24.3 Å². The van der Waals surface area contributed by atoms with E-state index in [2.05, 4.69) is 10.6 Å². The maximum absolute atomic E-state index is 11.7. The van der Waals surface area contributed by atoms with Crippen LogP contribution in [0.5, 0.6) is 0 Å². The van der Waals surface area contributed by atoms with Crippen LogP contribution in [-0.4, -0.2) is 29.6 Å². The molecule has 0 bridgehead atoms. The van der Waals surface area contributed by atoms with Crippen molar-refractivity contribution in [1.29, 1.82) is 0 Å². The van der Waals surface area contributed by atoms with E-state index in [0.29, 0.717) is 23.7 Å². The zero-order chi connectivity index (χ0) is 14.5. The van der Waals surface area contributed by atoms with Crippen LogP contribution in [0.15, 0.2) is 24.3 Å². The summed E-state index contributed by atoms with van der Waals surface area (Å²) in [7, 11) is 0. The number of anilines is 1. The molecule has 2 atom stereocenters. The molecule has 0 radical (unpaired) electrons. The molecular formula is C15H20N2O3. The van der Waals surface area contributed by atoms with Crippen LogP contribution >= 0.6 is 0 Å². The summed E-state index contributed by atoms with van der Waals surface area (Å²) in [6, 6.07) is 6.52. The first-order chi connectivity index (χ1) is 9.54. The Labute approximate surface area is 118 Å². The van der Waals surface area contributed by atoms with E-state index >= 15 is 0 Å². The maximum atomic E-state index is 11.7. The number of ketones is 1. The number of amides is 2. The molecule has 3 N–H and O–H groups in total. The summed E-state index contributed by atoms with van der Waals surface area (Å²) in [6.07, 6.45) is 2.31. The van der Waals surface area contributed by atoms with Crippen LogP contribution in [0.3, 0.4) is 0 Å². The van der Waals surface area contributed by atoms with Gasteiger partial charge in [-0.05, 0) is 56.4 Å². The van der Waals surface area contributed by atoms with E-state index in [-0.39, 0.29) is 17.9 Å². The van der Waals surface area contributed by atoms with E-state index in [9.17, 15) is 14.7 Å². The lowest BCUT2D eigenvalue weighted by molar-refractivity contribution is 0.101. The fourth-order valence-electron chi connectivity index (χ4n) is 2.43. The highest BCUT2D eigenvalue weighted by Gasteiger charge is 2.22. The van der Waals surface area contributed by atoms with Gasteiger partial charge in [-0.1, -0.05) is 0 Å². The van der Waals surface area contributed by atoms with Gasteiger partial charge in [0.05, 0.1) is 6.10 Å². The number of carbonyl (C=O) groups is 2. The number of hydrogen-bond donors (Lipinski definition) is 3. The Bertz CT molecular complexity index is 484. The lowest BCUT2D eigenvalue weighted by atomic mass is 10.1. The second-order valence-corrected chi connectivity index (χ2v) is 5.30. The second kappa shape index (κ2) is 6.52. The molecule has 0 spiro atoms. The standard InChI is InChI=1S/C15H20N2O3/c1-10(18)12-3-5-13(6-4-12)17-15(20)16-9-11-2-7-14(19)8-11/h3-6,11,14,19H,2,7-9H2,1H3,(H2,16,17,20). The number of aliphatic hydroxyl groups is 1. The molecule has 1 aromatic carbocycles. The van der Waals surface area contributed by atoms with Crippen molar-refractivity contribution in [3.8, 4) is 0 Å². The minimum absolute atomic E-state index is 0.000734. The predicted octanol–water partition coefficient (Wildman–Crippen LogP) is 2.17. The number of carbonyl (C=O) groups excluding carboxylic acids is 2. The molecule has 108 valence electrons. The summed E-state index contributed by atoms with van der Waals surface area (Å²) in [4.78, 5) is 22.9. The van der Waals surface area contributed by atoms with Gasteiger partial charge in [0, 0.05) is 17.8 Å². The van der Waals surface area contributed by atoms with E-state index < -0.39 is 0 Å². The van der Waals surface area contributed by atoms with Gasteiger partial charge in [0.15, 0.2) is 5.78 Å². The predicted molar refractivity (Wildman–Crippen MR) is 76.8 cm³/mol. The van der Waals surface area contributed by atoms with Gasteiger partial charge in [-0.2, -0.15) is 0 Å². The third-order valence-electron chi connectivity index (χ3n) is 3.61. The topological polar surface area (TPSA) is 78.4 Å². The fraction of sp³-hybridized carbons (Fsp3) is 0.467. The molecular weight excluding hydrogens is 256 g/mol. The Hall–Kier alpha value is -1.88. The zero-order valence-corrected chi connectivity index (χ0v) is 11.6. The summed E-state index contributed by atoms with van der Waals surface area (Å²) >= 11 is 0. The monoisotopic (exact) mass is 276 g/mol. The van der Waals surface area contributed by atoms with Gasteiger partial charge < -0.3 is 15.7 Å². The average Bonchev–Trinajstić information content (AvgIpc) is 2.83. The number of aliphatic hydroxyl groups excluding tert-OH is 1. The third kappa shape index (κ3) is 4.06. The maximum Gasteiger partial charge on any atom is 0.319 e. The fourth-order valence-corrected chi connectivity index (χ4v) is 2.43.